The Hall–Kier alpha value is -4.15. The van der Waals surface area contributed by atoms with Crippen molar-refractivity contribution in [1.82, 2.24) is 24.2 Å². The van der Waals surface area contributed by atoms with E-state index < -0.39 is 17.8 Å². The third-order valence-electron chi connectivity index (χ3n) is 8.29. The van der Waals surface area contributed by atoms with Crippen LogP contribution in [-0.2, 0) is 19.3 Å². The zero-order valence-corrected chi connectivity index (χ0v) is 25.0. The second kappa shape index (κ2) is 11.4. The van der Waals surface area contributed by atoms with E-state index in [2.05, 4.69) is 10.4 Å². The minimum absolute atomic E-state index is 0.0772. The molecule has 0 bridgehead atoms. The summed E-state index contributed by atoms with van der Waals surface area (Å²) >= 11 is 0. The number of nitrogens with one attached hydrogen (secondary N) is 2. The fourth-order valence-electron chi connectivity index (χ4n) is 5.78. The summed E-state index contributed by atoms with van der Waals surface area (Å²) in [6, 6.07) is 9.53. The Morgan fingerprint density at radius 2 is 1.84 bits per heavy atom. The summed E-state index contributed by atoms with van der Waals surface area (Å²) in [5.41, 5.74) is 1.48. The van der Waals surface area contributed by atoms with E-state index >= 15 is 0 Å². The van der Waals surface area contributed by atoms with E-state index in [1.807, 2.05) is 24.6 Å². The number of carbonyl (C=O) groups excluding carboxylic acids is 1. The molecule has 0 saturated heterocycles. The highest BCUT2D eigenvalue weighted by Gasteiger charge is 2.38. The summed E-state index contributed by atoms with van der Waals surface area (Å²) < 4.78 is 61.6. The summed E-state index contributed by atoms with van der Waals surface area (Å²) in [7, 11) is 0. The normalized spacial score (nSPS) is 16.0. The van der Waals surface area contributed by atoms with Crippen LogP contribution in [0.1, 0.15) is 84.4 Å². The Morgan fingerprint density at radius 1 is 1.09 bits per heavy atom. The molecule has 1 amide bonds. The smallest absolute Gasteiger partial charge is 0.345 e. The lowest BCUT2D eigenvalue weighted by molar-refractivity contribution is -0.141. The molecule has 6 rings (SSSR count). The SMILES string of the molecule is Cc1cc(C(NC(=O)c2cc(Cn3ccn(C4CC4)c3=N)cc(-c3cn(CC(C)C)nc3C(F)(F)F)c2)C2CC2)ccc1F. The number of aryl methyl sites for hydroxylation is 1. The van der Waals surface area contributed by atoms with Crippen LogP contribution < -0.4 is 10.9 Å². The van der Waals surface area contributed by atoms with Crippen molar-refractivity contribution >= 4 is 5.91 Å². The van der Waals surface area contributed by atoms with Gasteiger partial charge in [-0.2, -0.15) is 18.3 Å². The number of hydrogen-bond acceptors (Lipinski definition) is 3. The number of nitrogens with zero attached hydrogens (tertiary/aromatic N) is 4. The lowest BCUT2D eigenvalue weighted by Crippen LogP contribution is -2.30. The molecular formula is C33H36F4N6O. The van der Waals surface area contributed by atoms with Crippen LogP contribution >= 0.6 is 0 Å². The van der Waals surface area contributed by atoms with Crippen molar-refractivity contribution in [3.05, 3.63) is 94.4 Å². The highest BCUT2D eigenvalue weighted by molar-refractivity contribution is 5.96. The largest absolute Gasteiger partial charge is 0.435 e. The third-order valence-corrected chi connectivity index (χ3v) is 8.29. The van der Waals surface area contributed by atoms with Crippen LogP contribution in [0.5, 0.6) is 0 Å². The molecule has 2 aliphatic carbocycles. The van der Waals surface area contributed by atoms with Gasteiger partial charge in [0, 0.05) is 42.3 Å². The predicted octanol–water partition coefficient (Wildman–Crippen LogP) is 7.02. The molecule has 2 aromatic carbocycles. The fourth-order valence-corrected chi connectivity index (χ4v) is 5.78. The van der Waals surface area contributed by atoms with E-state index in [-0.39, 0.29) is 46.9 Å². The first-order valence-electron chi connectivity index (χ1n) is 15.0. The Morgan fingerprint density at radius 3 is 2.48 bits per heavy atom. The first-order chi connectivity index (χ1) is 20.9. The topological polar surface area (TPSA) is 80.6 Å². The lowest BCUT2D eigenvalue weighted by atomic mass is 9.97. The summed E-state index contributed by atoms with van der Waals surface area (Å²) in [6.45, 7) is 5.99. The van der Waals surface area contributed by atoms with Crippen molar-refractivity contribution < 1.29 is 22.4 Å². The van der Waals surface area contributed by atoms with E-state index in [1.165, 1.54) is 23.0 Å². The van der Waals surface area contributed by atoms with Gasteiger partial charge in [0.1, 0.15) is 5.82 Å². The van der Waals surface area contributed by atoms with Gasteiger partial charge in [-0.1, -0.05) is 26.0 Å². The number of aromatic nitrogens is 4. The number of carbonyl (C=O) groups is 1. The van der Waals surface area contributed by atoms with Crippen molar-refractivity contribution in [1.29, 1.82) is 5.41 Å². The average molecular weight is 609 g/mol. The van der Waals surface area contributed by atoms with Gasteiger partial charge in [0.2, 0.25) is 5.62 Å². The third kappa shape index (κ3) is 6.37. The Bertz CT molecular complexity index is 1760. The summed E-state index contributed by atoms with van der Waals surface area (Å²) in [4.78, 5) is 13.8. The zero-order chi connectivity index (χ0) is 31.3. The van der Waals surface area contributed by atoms with Crippen LogP contribution in [0.25, 0.3) is 11.1 Å². The minimum Gasteiger partial charge on any atom is -0.345 e. The van der Waals surface area contributed by atoms with Gasteiger partial charge in [0.25, 0.3) is 5.91 Å². The molecule has 2 aromatic heterocycles. The van der Waals surface area contributed by atoms with Crippen LogP contribution in [-0.4, -0.2) is 24.8 Å². The van der Waals surface area contributed by atoms with Crippen LogP contribution in [0.2, 0.25) is 0 Å². The molecule has 1 atom stereocenters. The van der Waals surface area contributed by atoms with E-state index in [9.17, 15) is 22.4 Å². The van der Waals surface area contributed by atoms with Gasteiger partial charge in [0.15, 0.2) is 5.69 Å². The number of benzene rings is 2. The quantitative estimate of drug-likeness (QED) is 0.190. The van der Waals surface area contributed by atoms with Crippen molar-refractivity contribution in [2.75, 3.05) is 0 Å². The van der Waals surface area contributed by atoms with Gasteiger partial charge < -0.3 is 14.5 Å². The number of amides is 1. The number of alkyl halides is 3. The first-order valence-corrected chi connectivity index (χ1v) is 15.0. The van der Waals surface area contributed by atoms with E-state index in [1.54, 1.807) is 42.0 Å². The molecule has 2 saturated carbocycles. The zero-order valence-electron chi connectivity index (χ0n) is 25.0. The van der Waals surface area contributed by atoms with Crippen LogP contribution in [0.15, 0.2) is 55.0 Å². The van der Waals surface area contributed by atoms with Gasteiger partial charge in [0.05, 0.1) is 12.6 Å². The molecule has 4 aromatic rings. The Kier molecular flexibility index (Phi) is 7.75. The van der Waals surface area contributed by atoms with Crippen molar-refractivity contribution in [2.45, 2.75) is 77.8 Å². The maximum Gasteiger partial charge on any atom is 0.435 e. The summed E-state index contributed by atoms with van der Waals surface area (Å²) in [6.07, 6.45) is 4.18. The predicted molar refractivity (Wildman–Crippen MR) is 157 cm³/mol. The summed E-state index contributed by atoms with van der Waals surface area (Å²) in [5.74, 6) is -0.483. The van der Waals surface area contributed by atoms with E-state index in [0.717, 1.165) is 31.2 Å². The Labute approximate surface area is 253 Å². The van der Waals surface area contributed by atoms with Crippen LogP contribution in [0.3, 0.4) is 0 Å². The van der Waals surface area contributed by atoms with Crippen molar-refractivity contribution in [3.8, 4) is 11.1 Å². The summed E-state index contributed by atoms with van der Waals surface area (Å²) in [5, 5.41) is 15.6. The van der Waals surface area contributed by atoms with Crippen molar-refractivity contribution in [3.63, 3.8) is 0 Å². The molecule has 1 unspecified atom stereocenters. The van der Waals surface area contributed by atoms with E-state index in [0.29, 0.717) is 29.3 Å². The molecule has 2 N–H and O–H groups in total. The molecule has 44 heavy (non-hydrogen) atoms. The highest BCUT2D eigenvalue weighted by atomic mass is 19.4. The standard InChI is InChI=1S/C33H36F4N6O/c1-19(2)16-42-18-27(30(40-42)33(35,36)37)24-13-21(17-41-10-11-43(32(41)38)26-7-8-26)14-25(15-24)31(44)39-29(22-4-5-22)23-6-9-28(34)20(3)12-23/h6,9-15,18-19,22,26,29,38H,4-5,7-8,16-17H2,1-3H3,(H,39,44). The number of imidazole rings is 1. The molecule has 232 valence electrons. The number of rotatable bonds is 10. The number of halogens is 4. The van der Waals surface area contributed by atoms with Gasteiger partial charge in [-0.3, -0.25) is 14.9 Å². The molecule has 2 fully saturated rings. The molecule has 0 radical (unpaired) electrons. The van der Waals surface area contributed by atoms with Crippen LogP contribution in [0.4, 0.5) is 17.6 Å². The Balaban J connectivity index is 1.40. The maximum atomic E-state index is 14.2. The van der Waals surface area contributed by atoms with Crippen molar-refractivity contribution in [2.24, 2.45) is 11.8 Å². The molecule has 0 spiro atoms. The second-order valence-electron chi connectivity index (χ2n) is 12.6. The molecule has 11 heteroatoms. The molecular weight excluding hydrogens is 572 g/mol. The van der Waals surface area contributed by atoms with Gasteiger partial charge in [-0.05, 0) is 91.0 Å². The molecule has 7 nitrogen and oxygen atoms in total. The van der Waals surface area contributed by atoms with Gasteiger partial charge in [-0.25, -0.2) is 4.39 Å². The van der Waals surface area contributed by atoms with Gasteiger partial charge in [-0.15, -0.1) is 0 Å². The lowest BCUT2D eigenvalue weighted by Gasteiger charge is -2.20. The van der Waals surface area contributed by atoms with Crippen LogP contribution in [0, 0.1) is 30.0 Å². The monoisotopic (exact) mass is 608 g/mol. The molecule has 2 heterocycles. The maximum absolute atomic E-state index is 14.2. The average Bonchev–Trinajstić information content (AvgIpc) is 3.89. The molecule has 0 aliphatic heterocycles. The molecule has 2 aliphatic rings. The number of hydrogen-bond donors (Lipinski definition) is 2. The highest BCUT2D eigenvalue weighted by Crippen LogP contribution is 2.42. The van der Waals surface area contributed by atoms with E-state index in [4.69, 9.17) is 5.41 Å². The first kappa shape index (κ1) is 29.9. The van der Waals surface area contributed by atoms with Gasteiger partial charge >= 0.3 is 6.18 Å². The minimum atomic E-state index is -4.70. The fraction of sp³-hybridized carbons (Fsp3) is 0.424. The second-order valence-corrected chi connectivity index (χ2v) is 12.6.